The highest BCUT2D eigenvalue weighted by molar-refractivity contribution is 6.31. The van der Waals surface area contributed by atoms with Gasteiger partial charge >= 0.3 is 5.97 Å². The number of nitrogens with zero attached hydrogens (tertiary/aromatic N) is 1. The summed E-state index contributed by atoms with van der Waals surface area (Å²) in [5.41, 5.74) is 1.79. The number of hydrogen-bond acceptors (Lipinski definition) is 2. The van der Waals surface area contributed by atoms with E-state index in [9.17, 15) is 4.79 Å². The Kier molecular flexibility index (Phi) is 3.58. The van der Waals surface area contributed by atoms with Crippen LogP contribution in [0.5, 0.6) is 0 Å². The van der Waals surface area contributed by atoms with E-state index >= 15 is 0 Å². The second-order valence-electron chi connectivity index (χ2n) is 3.56. The minimum atomic E-state index is -0.853. The third-order valence-electron chi connectivity index (χ3n) is 2.50. The van der Waals surface area contributed by atoms with Gasteiger partial charge in [0.05, 0.1) is 0 Å². The first-order valence-electron chi connectivity index (χ1n) is 4.65. The third-order valence-corrected chi connectivity index (χ3v) is 2.91. The van der Waals surface area contributed by atoms with E-state index in [1.54, 1.807) is 24.9 Å². The van der Waals surface area contributed by atoms with E-state index in [2.05, 4.69) is 0 Å². The van der Waals surface area contributed by atoms with Gasteiger partial charge in [0, 0.05) is 17.8 Å². The zero-order valence-electron chi connectivity index (χ0n) is 8.99. The lowest BCUT2D eigenvalue weighted by atomic mass is 10.2. The molecule has 0 amide bonds. The number of carboxylic acids is 1. The topological polar surface area (TPSA) is 40.5 Å². The molecule has 0 aliphatic carbocycles. The van der Waals surface area contributed by atoms with Gasteiger partial charge in [0.2, 0.25) is 0 Å². The maximum Gasteiger partial charge on any atom is 0.326 e. The quantitative estimate of drug-likeness (QED) is 0.863. The number of anilines is 1. The summed E-state index contributed by atoms with van der Waals surface area (Å²) in [6.07, 6.45) is 0. The summed E-state index contributed by atoms with van der Waals surface area (Å²) in [5.74, 6) is -0.853. The number of aliphatic carboxylic acids is 1. The number of carbonyl (C=O) groups is 1. The monoisotopic (exact) mass is 227 g/mol. The zero-order chi connectivity index (χ0) is 11.6. The Morgan fingerprint density at radius 2 is 2.13 bits per heavy atom. The van der Waals surface area contributed by atoms with Crippen LogP contribution in [-0.4, -0.2) is 24.2 Å². The molecule has 0 aliphatic rings. The van der Waals surface area contributed by atoms with Crippen molar-refractivity contribution in [2.75, 3.05) is 11.9 Å². The van der Waals surface area contributed by atoms with Crippen LogP contribution in [0.15, 0.2) is 18.2 Å². The van der Waals surface area contributed by atoms with E-state index in [4.69, 9.17) is 16.7 Å². The van der Waals surface area contributed by atoms with Crippen molar-refractivity contribution in [3.05, 3.63) is 28.8 Å². The molecule has 0 heterocycles. The average molecular weight is 228 g/mol. The molecule has 3 nitrogen and oxygen atoms in total. The maximum absolute atomic E-state index is 10.8. The molecule has 0 saturated heterocycles. The zero-order valence-corrected chi connectivity index (χ0v) is 9.75. The molecule has 0 aromatic heterocycles. The lowest BCUT2D eigenvalue weighted by Gasteiger charge is -2.24. The lowest BCUT2D eigenvalue weighted by Crippen LogP contribution is -2.35. The molecular weight excluding hydrogens is 214 g/mol. The molecular formula is C11H14ClNO2. The molecule has 0 unspecified atom stereocenters. The molecule has 0 aliphatic heterocycles. The first-order chi connectivity index (χ1) is 6.93. The largest absolute Gasteiger partial charge is 0.480 e. The molecule has 0 saturated carbocycles. The normalized spacial score (nSPS) is 12.3. The summed E-state index contributed by atoms with van der Waals surface area (Å²) in [6, 6.07) is 4.95. The Morgan fingerprint density at radius 1 is 1.53 bits per heavy atom. The first-order valence-corrected chi connectivity index (χ1v) is 5.03. The van der Waals surface area contributed by atoms with Crippen molar-refractivity contribution in [2.45, 2.75) is 19.9 Å². The van der Waals surface area contributed by atoms with Crippen molar-refractivity contribution in [3.8, 4) is 0 Å². The molecule has 1 rings (SSSR count). The van der Waals surface area contributed by atoms with Crippen molar-refractivity contribution >= 4 is 23.3 Å². The summed E-state index contributed by atoms with van der Waals surface area (Å²) >= 11 is 5.97. The van der Waals surface area contributed by atoms with Crippen molar-refractivity contribution in [1.29, 1.82) is 0 Å². The van der Waals surface area contributed by atoms with Gasteiger partial charge in [0.1, 0.15) is 6.04 Å². The molecule has 0 fully saturated rings. The van der Waals surface area contributed by atoms with Gasteiger partial charge in [-0.1, -0.05) is 17.7 Å². The number of benzene rings is 1. The van der Waals surface area contributed by atoms with Crippen LogP contribution in [0.2, 0.25) is 5.02 Å². The van der Waals surface area contributed by atoms with Gasteiger partial charge in [-0.15, -0.1) is 0 Å². The Labute approximate surface area is 94.3 Å². The minimum Gasteiger partial charge on any atom is -0.480 e. The lowest BCUT2D eigenvalue weighted by molar-refractivity contribution is -0.138. The summed E-state index contributed by atoms with van der Waals surface area (Å²) < 4.78 is 0. The van der Waals surface area contributed by atoms with Gasteiger partial charge in [-0.2, -0.15) is 0 Å². The molecule has 1 atom stereocenters. The highest BCUT2D eigenvalue weighted by atomic mass is 35.5. The van der Waals surface area contributed by atoms with Crippen molar-refractivity contribution < 1.29 is 9.90 Å². The van der Waals surface area contributed by atoms with Crippen LogP contribution < -0.4 is 4.90 Å². The number of halogens is 1. The van der Waals surface area contributed by atoms with Gasteiger partial charge < -0.3 is 10.0 Å². The fourth-order valence-electron chi connectivity index (χ4n) is 1.19. The smallest absolute Gasteiger partial charge is 0.326 e. The van der Waals surface area contributed by atoms with Gasteiger partial charge in [0.25, 0.3) is 0 Å². The Bertz CT molecular complexity index is 379. The van der Waals surface area contributed by atoms with E-state index in [1.807, 2.05) is 19.1 Å². The van der Waals surface area contributed by atoms with Crippen molar-refractivity contribution in [1.82, 2.24) is 0 Å². The van der Waals surface area contributed by atoms with Crippen LogP contribution in [0.25, 0.3) is 0 Å². The number of rotatable bonds is 3. The first kappa shape index (κ1) is 11.9. The van der Waals surface area contributed by atoms with Gasteiger partial charge in [-0.25, -0.2) is 4.79 Å². The molecule has 1 aromatic rings. The number of carboxylic acid groups (broad SMARTS) is 1. The minimum absolute atomic E-state index is 0.566. The second-order valence-corrected chi connectivity index (χ2v) is 3.97. The van der Waals surface area contributed by atoms with E-state index in [0.717, 1.165) is 11.3 Å². The van der Waals surface area contributed by atoms with Crippen LogP contribution in [0.1, 0.15) is 12.5 Å². The van der Waals surface area contributed by atoms with Crippen LogP contribution in [0.3, 0.4) is 0 Å². The molecule has 4 heteroatoms. The Hall–Kier alpha value is -1.22. The van der Waals surface area contributed by atoms with Crippen molar-refractivity contribution in [3.63, 3.8) is 0 Å². The molecule has 0 bridgehead atoms. The predicted molar refractivity (Wildman–Crippen MR) is 61.7 cm³/mol. The summed E-state index contributed by atoms with van der Waals surface area (Å²) in [4.78, 5) is 12.5. The van der Waals surface area contributed by atoms with E-state index < -0.39 is 12.0 Å². The third kappa shape index (κ3) is 2.63. The van der Waals surface area contributed by atoms with Crippen LogP contribution in [0, 0.1) is 6.92 Å². The molecule has 1 N–H and O–H groups in total. The van der Waals surface area contributed by atoms with Crippen LogP contribution in [-0.2, 0) is 4.79 Å². The average Bonchev–Trinajstić information content (AvgIpc) is 2.19. The molecule has 0 radical (unpaired) electrons. The van der Waals surface area contributed by atoms with Gasteiger partial charge in [-0.3, -0.25) is 0 Å². The van der Waals surface area contributed by atoms with Crippen LogP contribution >= 0.6 is 11.6 Å². The van der Waals surface area contributed by atoms with E-state index in [0.29, 0.717) is 5.02 Å². The molecule has 0 spiro atoms. The second kappa shape index (κ2) is 4.53. The highest BCUT2D eigenvalue weighted by Crippen LogP contribution is 2.23. The standard InChI is InChI=1S/C11H14ClNO2/c1-7-4-5-9(6-10(7)12)13(3)8(2)11(14)15/h4-6,8H,1-3H3,(H,14,15)/t8-/m0/s1. The molecule has 15 heavy (non-hydrogen) atoms. The summed E-state index contributed by atoms with van der Waals surface area (Å²) in [5, 5.41) is 9.51. The van der Waals surface area contributed by atoms with Crippen LogP contribution in [0.4, 0.5) is 5.69 Å². The molecule has 1 aromatic carbocycles. The summed E-state index contributed by atoms with van der Waals surface area (Å²) in [7, 11) is 1.74. The van der Waals surface area contributed by atoms with Crippen molar-refractivity contribution in [2.24, 2.45) is 0 Å². The SMILES string of the molecule is Cc1ccc(N(C)[C@@H](C)C(=O)O)cc1Cl. The summed E-state index contributed by atoms with van der Waals surface area (Å²) in [6.45, 7) is 3.54. The maximum atomic E-state index is 10.8. The fraction of sp³-hybridized carbons (Fsp3) is 0.364. The van der Waals surface area contributed by atoms with Gasteiger partial charge in [0.15, 0.2) is 0 Å². The molecule has 82 valence electrons. The van der Waals surface area contributed by atoms with E-state index in [-0.39, 0.29) is 0 Å². The van der Waals surface area contributed by atoms with E-state index in [1.165, 1.54) is 0 Å². The Balaban J connectivity index is 2.96. The number of aryl methyl sites for hydroxylation is 1. The number of hydrogen-bond donors (Lipinski definition) is 1. The number of likely N-dealkylation sites (N-methyl/N-ethyl adjacent to an activating group) is 1. The fourth-order valence-corrected chi connectivity index (χ4v) is 1.37. The predicted octanol–water partition coefficient (Wildman–Crippen LogP) is 2.56. The van der Waals surface area contributed by atoms with Gasteiger partial charge in [-0.05, 0) is 31.5 Å². The highest BCUT2D eigenvalue weighted by Gasteiger charge is 2.17. The Morgan fingerprint density at radius 3 is 2.60 bits per heavy atom.